The lowest BCUT2D eigenvalue weighted by molar-refractivity contribution is -0.904. The number of methoxy groups -OCH3 is 1. The van der Waals surface area contributed by atoms with E-state index >= 15 is 0 Å². The molecule has 1 aromatic rings. The van der Waals surface area contributed by atoms with Crippen LogP contribution in [0.2, 0.25) is 0 Å². The number of aryl methyl sites for hydroxylation is 2. The number of nitrogens with zero attached hydrogens (tertiary/aromatic N) is 1. The molecule has 1 amide bonds. The van der Waals surface area contributed by atoms with Crippen LogP contribution < -0.4 is 5.32 Å². The molecule has 5 heteroatoms. The maximum Gasteiger partial charge on any atom is 0.339 e. The molecular formula is C18H29N2O3+. The third-order valence-corrected chi connectivity index (χ3v) is 4.48. The number of anilines is 1. The molecule has 0 heterocycles. The van der Waals surface area contributed by atoms with Gasteiger partial charge in [-0.3, -0.25) is 4.79 Å². The molecule has 1 unspecified atom stereocenters. The van der Waals surface area contributed by atoms with Crippen molar-refractivity contribution in [2.24, 2.45) is 0 Å². The van der Waals surface area contributed by atoms with Gasteiger partial charge >= 0.3 is 5.97 Å². The number of esters is 1. The highest BCUT2D eigenvalue weighted by molar-refractivity contribution is 6.03. The fourth-order valence-corrected chi connectivity index (χ4v) is 2.83. The van der Waals surface area contributed by atoms with E-state index in [0.717, 1.165) is 24.1 Å². The zero-order valence-electron chi connectivity index (χ0n) is 15.3. The number of nitrogens with one attached hydrogen (secondary N) is 1. The summed E-state index contributed by atoms with van der Waals surface area (Å²) in [6, 6.07) is 3.52. The van der Waals surface area contributed by atoms with E-state index < -0.39 is 5.97 Å². The van der Waals surface area contributed by atoms with E-state index in [9.17, 15) is 9.59 Å². The Hall–Kier alpha value is -1.88. The van der Waals surface area contributed by atoms with E-state index in [0.29, 0.717) is 15.7 Å². The van der Waals surface area contributed by atoms with Crippen molar-refractivity contribution in [3.8, 4) is 0 Å². The van der Waals surface area contributed by atoms with Crippen LogP contribution in [0.1, 0.15) is 41.8 Å². The first kappa shape index (κ1) is 19.2. The summed E-state index contributed by atoms with van der Waals surface area (Å²) in [7, 11) is 5.42. The topological polar surface area (TPSA) is 55.4 Å². The van der Waals surface area contributed by atoms with Crippen LogP contribution in [0.5, 0.6) is 0 Å². The summed E-state index contributed by atoms with van der Waals surface area (Å²) < 4.78 is 5.45. The number of carbonyl (C=O) groups excluding carboxylic acids is 2. The maximum atomic E-state index is 12.8. The van der Waals surface area contributed by atoms with Crippen molar-refractivity contribution in [2.75, 3.05) is 33.1 Å². The summed E-state index contributed by atoms with van der Waals surface area (Å²) >= 11 is 0. The lowest BCUT2D eigenvalue weighted by atomic mass is 10.0. The minimum Gasteiger partial charge on any atom is -0.465 e. The molecule has 0 aliphatic heterocycles. The predicted octanol–water partition coefficient (Wildman–Crippen LogP) is 2.90. The van der Waals surface area contributed by atoms with Crippen molar-refractivity contribution in [1.82, 2.24) is 0 Å². The predicted molar refractivity (Wildman–Crippen MR) is 92.6 cm³/mol. The Morgan fingerprint density at radius 2 is 1.83 bits per heavy atom. The molecule has 128 valence electrons. The highest BCUT2D eigenvalue weighted by Gasteiger charge is 2.33. The van der Waals surface area contributed by atoms with Gasteiger partial charge in [-0.2, -0.15) is 0 Å². The lowest BCUT2D eigenvalue weighted by Crippen LogP contribution is -2.54. The third-order valence-electron chi connectivity index (χ3n) is 4.48. The van der Waals surface area contributed by atoms with Crippen molar-refractivity contribution < 1.29 is 18.8 Å². The quantitative estimate of drug-likeness (QED) is 0.647. The summed E-state index contributed by atoms with van der Waals surface area (Å²) in [6.45, 7) is 8.71. The first-order chi connectivity index (χ1) is 10.7. The monoisotopic (exact) mass is 321 g/mol. The van der Waals surface area contributed by atoms with Crippen LogP contribution >= 0.6 is 0 Å². The Labute approximate surface area is 139 Å². The van der Waals surface area contributed by atoms with Crippen LogP contribution in [-0.2, 0) is 9.53 Å². The molecule has 0 saturated carbocycles. The van der Waals surface area contributed by atoms with Gasteiger partial charge in [-0.05, 0) is 38.0 Å². The van der Waals surface area contributed by atoms with Gasteiger partial charge in [-0.25, -0.2) is 4.79 Å². The number of ether oxygens (including phenoxy) is 1. The van der Waals surface area contributed by atoms with Gasteiger partial charge in [0.05, 0.1) is 39.0 Å². The van der Waals surface area contributed by atoms with Gasteiger partial charge in [-0.1, -0.05) is 13.0 Å². The van der Waals surface area contributed by atoms with E-state index in [2.05, 4.69) is 12.2 Å². The number of amides is 1. The van der Waals surface area contributed by atoms with E-state index in [1.807, 2.05) is 40.9 Å². The Bertz CT molecular complexity index is 594. The second kappa shape index (κ2) is 7.59. The number of hydrogen-bond donors (Lipinski definition) is 1. The Morgan fingerprint density at radius 1 is 1.22 bits per heavy atom. The molecular weight excluding hydrogens is 292 g/mol. The normalized spacial score (nSPS) is 12.7. The van der Waals surface area contributed by atoms with E-state index in [-0.39, 0.29) is 11.9 Å². The van der Waals surface area contributed by atoms with Gasteiger partial charge in [0, 0.05) is 6.42 Å². The second-order valence-corrected chi connectivity index (χ2v) is 6.50. The van der Waals surface area contributed by atoms with Gasteiger partial charge in [0.25, 0.3) is 5.91 Å². The van der Waals surface area contributed by atoms with E-state index in [4.69, 9.17) is 4.74 Å². The first-order valence-corrected chi connectivity index (χ1v) is 8.01. The summed E-state index contributed by atoms with van der Waals surface area (Å²) in [4.78, 5) is 24.8. The van der Waals surface area contributed by atoms with Crippen LogP contribution in [-0.4, -0.2) is 50.2 Å². The molecule has 0 aromatic heterocycles. The molecule has 0 bridgehead atoms. The summed E-state index contributed by atoms with van der Waals surface area (Å²) in [6.07, 6.45) is 0.727. The van der Waals surface area contributed by atoms with Gasteiger partial charge in [-0.15, -0.1) is 0 Å². The zero-order chi connectivity index (χ0) is 17.8. The third kappa shape index (κ3) is 4.32. The van der Waals surface area contributed by atoms with Gasteiger partial charge in [0.2, 0.25) is 0 Å². The van der Waals surface area contributed by atoms with Crippen molar-refractivity contribution in [2.45, 2.75) is 40.2 Å². The summed E-state index contributed by atoms with van der Waals surface area (Å²) in [5.74, 6) is -0.513. The lowest BCUT2D eigenvalue weighted by Gasteiger charge is -2.35. The fourth-order valence-electron chi connectivity index (χ4n) is 2.83. The van der Waals surface area contributed by atoms with Crippen molar-refractivity contribution in [3.05, 3.63) is 28.8 Å². The van der Waals surface area contributed by atoms with E-state index in [1.54, 1.807) is 6.07 Å². The molecule has 5 nitrogen and oxygen atoms in total. The number of carbonyl (C=O) groups is 2. The average molecular weight is 321 g/mol. The molecule has 0 aliphatic rings. The van der Waals surface area contributed by atoms with Gasteiger partial charge < -0.3 is 14.5 Å². The number of quaternary nitrogens is 1. The summed E-state index contributed by atoms with van der Waals surface area (Å²) in [5.41, 5.74) is 2.75. The highest BCUT2D eigenvalue weighted by Crippen LogP contribution is 2.25. The van der Waals surface area contributed by atoms with Crippen LogP contribution in [0.25, 0.3) is 0 Å². The van der Waals surface area contributed by atoms with Crippen LogP contribution in [0, 0.1) is 13.8 Å². The average Bonchev–Trinajstić information content (AvgIpc) is 2.49. The Kier molecular flexibility index (Phi) is 6.33. The largest absolute Gasteiger partial charge is 0.465 e. The minimum atomic E-state index is -0.440. The SMILES string of the molecule is CCC(C(=O)Nc1c(C)cc(C)cc1C(=O)OC)[N+](C)(C)CC. The molecule has 1 N–H and O–H groups in total. The van der Waals surface area contributed by atoms with E-state index in [1.165, 1.54) is 7.11 Å². The number of benzene rings is 1. The molecule has 0 fully saturated rings. The molecule has 23 heavy (non-hydrogen) atoms. The Morgan fingerprint density at radius 3 is 2.30 bits per heavy atom. The van der Waals surface area contributed by atoms with Crippen LogP contribution in [0.4, 0.5) is 5.69 Å². The summed E-state index contributed by atoms with van der Waals surface area (Å²) in [5, 5.41) is 2.96. The smallest absolute Gasteiger partial charge is 0.339 e. The standard InChI is InChI=1S/C18H28N2O3/c1-8-15(20(5,6)9-2)17(21)19-16-13(4)10-12(3)11-14(16)18(22)23-7/h10-11,15H,8-9H2,1-7H3/p+1. The minimum absolute atomic E-state index is 0.0727. The molecule has 0 radical (unpaired) electrons. The van der Waals surface area contributed by atoms with Crippen LogP contribution in [0.15, 0.2) is 12.1 Å². The first-order valence-electron chi connectivity index (χ1n) is 8.01. The maximum absolute atomic E-state index is 12.8. The second-order valence-electron chi connectivity index (χ2n) is 6.50. The fraction of sp³-hybridized carbons (Fsp3) is 0.556. The molecule has 1 atom stereocenters. The van der Waals surface area contributed by atoms with Gasteiger partial charge in [0.15, 0.2) is 6.04 Å². The Balaban J connectivity index is 3.22. The van der Waals surface area contributed by atoms with Crippen molar-refractivity contribution in [3.63, 3.8) is 0 Å². The van der Waals surface area contributed by atoms with Crippen molar-refractivity contribution >= 4 is 17.6 Å². The van der Waals surface area contributed by atoms with Crippen LogP contribution in [0.3, 0.4) is 0 Å². The molecule has 0 spiro atoms. The number of hydrogen-bond acceptors (Lipinski definition) is 3. The van der Waals surface area contributed by atoms with Gasteiger partial charge in [0.1, 0.15) is 0 Å². The zero-order valence-corrected chi connectivity index (χ0v) is 15.3. The highest BCUT2D eigenvalue weighted by atomic mass is 16.5. The molecule has 1 aromatic carbocycles. The number of rotatable bonds is 6. The molecule has 0 saturated heterocycles. The molecule has 0 aliphatic carbocycles. The number of likely N-dealkylation sites (N-methyl/N-ethyl adjacent to an activating group) is 1. The van der Waals surface area contributed by atoms with Crippen molar-refractivity contribution in [1.29, 1.82) is 0 Å². The molecule has 1 rings (SSSR count).